The van der Waals surface area contributed by atoms with Crippen LogP contribution >= 0.6 is 0 Å². The van der Waals surface area contributed by atoms with E-state index in [1.807, 2.05) is 48.8 Å². The number of rotatable bonds is 8. The maximum absolute atomic E-state index is 4.81. The summed E-state index contributed by atoms with van der Waals surface area (Å²) in [7, 11) is 2.07. The van der Waals surface area contributed by atoms with E-state index < -0.39 is 0 Å². The standard InChI is InChI=1S/C22H27N5/c1-17(2)16-24-20-15-21(26-22(25-20)19-7-5-4-6-8-19)27(3)14-11-18-9-12-23-13-10-18/h4-10,12-13,15,17H,11,14,16H2,1-3H3,(H,24,25,26). The third-order valence-corrected chi connectivity index (χ3v) is 4.31. The molecule has 5 heteroatoms. The molecule has 3 aromatic rings. The summed E-state index contributed by atoms with van der Waals surface area (Å²) in [5.41, 5.74) is 2.29. The number of benzene rings is 1. The summed E-state index contributed by atoms with van der Waals surface area (Å²) < 4.78 is 0. The zero-order chi connectivity index (χ0) is 19.1. The first-order chi connectivity index (χ1) is 13.1. The highest BCUT2D eigenvalue weighted by Crippen LogP contribution is 2.22. The van der Waals surface area contributed by atoms with Gasteiger partial charge in [-0.15, -0.1) is 0 Å². The van der Waals surface area contributed by atoms with E-state index in [0.29, 0.717) is 5.92 Å². The normalized spacial score (nSPS) is 10.8. The van der Waals surface area contributed by atoms with Crippen molar-refractivity contribution in [2.75, 3.05) is 30.4 Å². The van der Waals surface area contributed by atoms with Gasteiger partial charge in [0.2, 0.25) is 0 Å². The Balaban J connectivity index is 1.82. The van der Waals surface area contributed by atoms with E-state index in [1.165, 1.54) is 5.56 Å². The van der Waals surface area contributed by atoms with Gasteiger partial charge in [-0.3, -0.25) is 4.98 Å². The molecule has 2 heterocycles. The van der Waals surface area contributed by atoms with Crippen LogP contribution in [0.5, 0.6) is 0 Å². The Morgan fingerprint density at radius 3 is 2.44 bits per heavy atom. The Hall–Kier alpha value is -2.95. The van der Waals surface area contributed by atoms with Crippen molar-refractivity contribution in [3.05, 3.63) is 66.5 Å². The third-order valence-electron chi connectivity index (χ3n) is 4.31. The van der Waals surface area contributed by atoms with E-state index in [2.05, 4.69) is 48.2 Å². The molecule has 1 N–H and O–H groups in total. The van der Waals surface area contributed by atoms with Crippen molar-refractivity contribution in [1.29, 1.82) is 0 Å². The van der Waals surface area contributed by atoms with E-state index in [0.717, 1.165) is 42.5 Å². The predicted octanol–water partition coefficient (Wildman–Crippen LogP) is 4.29. The van der Waals surface area contributed by atoms with Gasteiger partial charge >= 0.3 is 0 Å². The molecular weight excluding hydrogens is 334 g/mol. The van der Waals surface area contributed by atoms with Crippen LogP contribution in [-0.4, -0.2) is 35.1 Å². The van der Waals surface area contributed by atoms with Crippen molar-refractivity contribution in [1.82, 2.24) is 15.0 Å². The summed E-state index contributed by atoms with van der Waals surface area (Å²) in [5.74, 6) is 3.08. The van der Waals surface area contributed by atoms with E-state index in [9.17, 15) is 0 Å². The smallest absolute Gasteiger partial charge is 0.163 e. The topological polar surface area (TPSA) is 53.9 Å². The second kappa shape index (κ2) is 9.12. The van der Waals surface area contributed by atoms with E-state index in [1.54, 1.807) is 0 Å². The fourth-order valence-corrected chi connectivity index (χ4v) is 2.71. The van der Waals surface area contributed by atoms with Gasteiger partial charge in [-0.05, 0) is 30.0 Å². The number of likely N-dealkylation sites (N-methyl/N-ethyl adjacent to an activating group) is 1. The second-order valence-corrected chi connectivity index (χ2v) is 7.10. The molecule has 0 unspecified atom stereocenters. The summed E-state index contributed by atoms with van der Waals surface area (Å²) in [4.78, 5) is 15.8. The van der Waals surface area contributed by atoms with Crippen molar-refractivity contribution in [3.8, 4) is 11.4 Å². The van der Waals surface area contributed by atoms with Gasteiger partial charge in [-0.2, -0.15) is 0 Å². The lowest BCUT2D eigenvalue weighted by molar-refractivity contribution is 0.687. The number of aromatic nitrogens is 3. The Kier molecular flexibility index (Phi) is 6.36. The minimum Gasteiger partial charge on any atom is -0.370 e. The van der Waals surface area contributed by atoms with Gasteiger partial charge in [0.1, 0.15) is 11.6 Å². The largest absolute Gasteiger partial charge is 0.370 e. The zero-order valence-corrected chi connectivity index (χ0v) is 16.3. The molecule has 0 amide bonds. The monoisotopic (exact) mass is 361 g/mol. The molecule has 0 radical (unpaired) electrons. The van der Waals surface area contributed by atoms with Crippen molar-refractivity contribution >= 4 is 11.6 Å². The van der Waals surface area contributed by atoms with E-state index in [-0.39, 0.29) is 0 Å². The number of nitrogens with one attached hydrogen (secondary N) is 1. The molecule has 27 heavy (non-hydrogen) atoms. The van der Waals surface area contributed by atoms with Crippen molar-refractivity contribution in [2.24, 2.45) is 5.92 Å². The molecule has 0 bridgehead atoms. The Morgan fingerprint density at radius 2 is 1.74 bits per heavy atom. The SMILES string of the molecule is CC(C)CNc1cc(N(C)CCc2ccncc2)nc(-c2ccccc2)n1. The van der Waals surface area contributed by atoms with Gasteiger partial charge in [0.05, 0.1) is 0 Å². The first-order valence-corrected chi connectivity index (χ1v) is 9.40. The molecule has 0 saturated heterocycles. The molecule has 140 valence electrons. The predicted molar refractivity (Wildman–Crippen MR) is 112 cm³/mol. The molecule has 0 atom stereocenters. The number of anilines is 2. The fraction of sp³-hybridized carbons (Fsp3) is 0.318. The molecule has 0 spiro atoms. The molecule has 0 saturated carbocycles. The van der Waals surface area contributed by atoms with Crippen LogP contribution in [0.25, 0.3) is 11.4 Å². The average Bonchev–Trinajstić information content (AvgIpc) is 2.71. The van der Waals surface area contributed by atoms with Crippen LogP contribution in [0.15, 0.2) is 60.9 Å². The maximum atomic E-state index is 4.81. The zero-order valence-electron chi connectivity index (χ0n) is 16.3. The highest BCUT2D eigenvalue weighted by molar-refractivity contribution is 5.61. The van der Waals surface area contributed by atoms with Crippen LogP contribution in [0.4, 0.5) is 11.6 Å². The fourth-order valence-electron chi connectivity index (χ4n) is 2.71. The molecule has 5 nitrogen and oxygen atoms in total. The summed E-state index contributed by atoms with van der Waals surface area (Å²) >= 11 is 0. The van der Waals surface area contributed by atoms with E-state index >= 15 is 0 Å². The molecule has 1 aromatic carbocycles. The highest BCUT2D eigenvalue weighted by atomic mass is 15.2. The van der Waals surface area contributed by atoms with Crippen LogP contribution in [0.3, 0.4) is 0 Å². The Bertz CT molecular complexity index is 834. The number of hydrogen-bond acceptors (Lipinski definition) is 5. The van der Waals surface area contributed by atoms with Crippen LogP contribution in [0, 0.1) is 5.92 Å². The lowest BCUT2D eigenvalue weighted by atomic mass is 10.2. The number of pyridine rings is 1. The molecule has 0 fully saturated rings. The molecule has 0 aliphatic heterocycles. The Labute approximate surface area is 161 Å². The summed E-state index contributed by atoms with van der Waals surface area (Å²) in [6.45, 7) is 6.13. The van der Waals surface area contributed by atoms with E-state index in [4.69, 9.17) is 9.97 Å². The van der Waals surface area contributed by atoms with Crippen molar-refractivity contribution < 1.29 is 0 Å². The van der Waals surface area contributed by atoms with Gasteiger partial charge in [0.15, 0.2) is 5.82 Å². The van der Waals surface area contributed by atoms with Crippen LogP contribution in [0.2, 0.25) is 0 Å². The van der Waals surface area contributed by atoms with Crippen LogP contribution in [0.1, 0.15) is 19.4 Å². The second-order valence-electron chi connectivity index (χ2n) is 7.10. The van der Waals surface area contributed by atoms with Crippen molar-refractivity contribution in [2.45, 2.75) is 20.3 Å². The quantitative estimate of drug-likeness (QED) is 0.649. The molecule has 0 aliphatic rings. The highest BCUT2D eigenvalue weighted by Gasteiger charge is 2.11. The van der Waals surface area contributed by atoms with Gasteiger partial charge in [0.25, 0.3) is 0 Å². The Morgan fingerprint density at radius 1 is 1.00 bits per heavy atom. The lowest BCUT2D eigenvalue weighted by Gasteiger charge is -2.20. The van der Waals surface area contributed by atoms with Crippen LogP contribution in [-0.2, 0) is 6.42 Å². The number of nitrogens with zero attached hydrogens (tertiary/aromatic N) is 4. The number of hydrogen-bond donors (Lipinski definition) is 1. The molecule has 2 aromatic heterocycles. The minimum absolute atomic E-state index is 0.549. The average molecular weight is 361 g/mol. The summed E-state index contributed by atoms with van der Waals surface area (Å²) in [5, 5.41) is 3.44. The lowest BCUT2D eigenvalue weighted by Crippen LogP contribution is -2.22. The molecule has 0 aliphatic carbocycles. The van der Waals surface area contributed by atoms with Gasteiger partial charge < -0.3 is 10.2 Å². The molecule has 3 rings (SSSR count). The third kappa shape index (κ3) is 5.51. The minimum atomic E-state index is 0.549. The summed E-state index contributed by atoms with van der Waals surface area (Å²) in [6, 6.07) is 16.3. The first-order valence-electron chi connectivity index (χ1n) is 9.40. The summed E-state index contributed by atoms with van der Waals surface area (Å²) in [6.07, 6.45) is 4.61. The first kappa shape index (κ1) is 18.8. The van der Waals surface area contributed by atoms with Gasteiger partial charge in [-0.1, -0.05) is 44.2 Å². The van der Waals surface area contributed by atoms with Crippen LogP contribution < -0.4 is 10.2 Å². The van der Waals surface area contributed by atoms with Gasteiger partial charge in [-0.25, -0.2) is 9.97 Å². The molecular formula is C22H27N5. The van der Waals surface area contributed by atoms with Gasteiger partial charge in [0, 0.05) is 44.2 Å². The van der Waals surface area contributed by atoms with Crippen molar-refractivity contribution in [3.63, 3.8) is 0 Å². The maximum Gasteiger partial charge on any atom is 0.163 e.